The van der Waals surface area contributed by atoms with Gasteiger partial charge in [0.05, 0.1) is 7.11 Å². The van der Waals surface area contributed by atoms with Crippen LogP contribution >= 0.6 is 15.9 Å². The van der Waals surface area contributed by atoms with Crippen LogP contribution in [0.15, 0.2) is 12.1 Å². The number of benzene rings is 1. The second kappa shape index (κ2) is 7.21. The molecule has 1 aromatic rings. The van der Waals surface area contributed by atoms with Crippen LogP contribution in [0, 0.1) is 11.6 Å². The predicted molar refractivity (Wildman–Crippen MR) is 66.1 cm³/mol. The molecule has 0 spiro atoms. The van der Waals surface area contributed by atoms with Gasteiger partial charge in [-0.25, -0.2) is 8.78 Å². The van der Waals surface area contributed by atoms with Crippen molar-refractivity contribution in [2.24, 2.45) is 0 Å². The Kier molecular flexibility index (Phi) is 6.19. The van der Waals surface area contributed by atoms with E-state index in [9.17, 15) is 22.0 Å². The smallest absolute Gasteiger partial charge is 0.411 e. The third-order valence-corrected chi connectivity index (χ3v) is 3.30. The van der Waals surface area contributed by atoms with Crippen LogP contribution in [0.4, 0.5) is 22.0 Å². The topological polar surface area (TPSA) is 18.5 Å². The average molecular weight is 363 g/mol. The lowest BCUT2D eigenvalue weighted by Crippen LogP contribution is -2.17. The third-order valence-electron chi connectivity index (χ3n) is 2.38. The first-order valence-electron chi connectivity index (χ1n) is 5.56. The number of hydrogen-bond acceptors (Lipinski definition) is 2. The fourth-order valence-corrected chi connectivity index (χ4v) is 2.12. The van der Waals surface area contributed by atoms with Gasteiger partial charge in [0, 0.05) is 29.1 Å². The van der Waals surface area contributed by atoms with Crippen LogP contribution in [0.2, 0.25) is 0 Å². The molecule has 1 aromatic carbocycles. The minimum absolute atomic E-state index is 0.00372. The summed E-state index contributed by atoms with van der Waals surface area (Å²) in [7, 11) is 1.27. The summed E-state index contributed by atoms with van der Waals surface area (Å²) in [6.07, 6.45) is -4.42. The lowest BCUT2D eigenvalue weighted by atomic mass is 10.1. The molecule has 0 heterocycles. The Morgan fingerprint density at radius 2 is 1.75 bits per heavy atom. The van der Waals surface area contributed by atoms with E-state index >= 15 is 0 Å². The molecule has 2 nitrogen and oxygen atoms in total. The Labute approximate surface area is 121 Å². The van der Waals surface area contributed by atoms with Gasteiger partial charge in [-0.15, -0.1) is 0 Å². The molecule has 8 heteroatoms. The first-order valence-corrected chi connectivity index (χ1v) is 6.47. The number of methoxy groups -OCH3 is 1. The van der Waals surface area contributed by atoms with Crippen LogP contribution in [0.3, 0.4) is 0 Å². The highest BCUT2D eigenvalue weighted by atomic mass is 79.9. The first-order chi connectivity index (χ1) is 9.24. The monoisotopic (exact) mass is 362 g/mol. The van der Waals surface area contributed by atoms with E-state index in [1.165, 1.54) is 7.11 Å². The molecule has 0 amide bonds. The van der Waals surface area contributed by atoms with E-state index in [1.807, 2.05) is 0 Å². The number of hydrogen-bond donors (Lipinski definition) is 0. The molecule has 0 fully saturated rings. The normalized spacial score (nSPS) is 13.3. The van der Waals surface area contributed by atoms with Crippen LogP contribution in [0.5, 0.6) is 5.75 Å². The van der Waals surface area contributed by atoms with Gasteiger partial charge in [-0.1, -0.05) is 15.9 Å². The molecule has 0 saturated heterocycles. The van der Waals surface area contributed by atoms with Gasteiger partial charge in [0.25, 0.3) is 0 Å². The Morgan fingerprint density at radius 1 is 1.20 bits per heavy atom. The summed E-state index contributed by atoms with van der Waals surface area (Å²) in [6, 6.07) is 2.01. The van der Waals surface area contributed by atoms with Crippen LogP contribution in [0.25, 0.3) is 0 Å². The van der Waals surface area contributed by atoms with E-state index in [0.29, 0.717) is 0 Å². The molecule has 0 radical (unpaired) electrons. The molecule has 1 unspecified atom stereocenters. The summed E-state index contributed by atoms with van der Waals surface area (Å²) >= 11 is 3.03. The minimum atomic E-state index is -4.42. The number of alkyl halides is 4. The van der Waals surface area contributed by atoms with Crippen molar-refractivity contribution in [3.8, 4) is 5.75 Å². The predicted octanol–water partition coefficient (Wildman–Crippen LogP) is 4.38. The van der Waals surface area contributed by atoms with Crippen molar-refractivity contribution in [3.05, 3.63) is 29.3 Å². The molecule has 0 aliphatic heterocycles. The Morgan fingerprint density at radius 3 is 2.20 bits per heavy atom. The molecule has 1 atom stereocenters. The second-order valence-corrected chi connectivity index (χ2v) is 5.03. The van der Waals surface area contributed by atoms with Crippen LogP contribution in [0.1, 0.15) is 16.8 Å². The minimum Gasteiger partial charge on any atom is -0.497 e. The fourth-order valence-electron chi connectivity index (χ4n) is 1.50. The maximum atomic E-state index is 13.7. The van der Waals surface area contributed by atoms with Crippen LogP contribution < -0.4 is 4.74 Å². The van der Waals surface area contributed by atoms with Gasteiger partial charge < -0.3 is 9.47 Å². The average Bonchev–Trinajstić information content (AvgIpc) is 2.32. The third kappa shape index (κ3) is 5.24. The highest BCUT2D eigenvalue weighted by molar-refractivity contribution is 9.09. The molecular formula is C12H12BrF5O2. The molecular weight excluding hydrogens is 351 g/mol. The van der Waals surface area contributed by atoms with Gasteiger partial charge in [0.2, 0.25) is 0 Å². The van der Waals surface area contributed by atoms with Gasteiger partial charge in [0.15, 0.2) is 0 Å². The molecule has 1 rings (SSSR count). The number of ether oxygens (including phenoxy) is 2. The standard InChI is InChI=1S/C12H12BrF5O2/c1-19-7-4-9(14)11(10(15)5-7)8(13)2-3-20-6-12(16,17)18/h4-5,8H,2-3,6H2,1H3. The van der Waals surface area contributed by atoms with Crippen molar-refractivity contribution >= 4 is 15.9 Å². The van der Waals surface area contributed by atoms with E-state index in [1.54, 1.807) is 0 Å². The summed E-state index contributed by atoms with van der Waals surface area (Å²) < 4.78 is 72.0. The van der Waals surface area contributed by atoms with Crippen LogP contribution in [-0.4, -0.2) is 26.5 Å². The van der Waals surface area contributed by atoms with Gasteiger partial charge in [-0.3, -0.25) is 0 Å². The van der Waals surface area contributed by atoms with Crippen molar-refractivity contribution < 1.29 is 31.4 Å². The quantitative estimate of drug-likeness (QED) is 0.424. The largest absolute Gasteiger partial charge is 0.497 e. The van der Waals surface area contributed by atoms with Crippen molar-refractivity contribution in [1.82, 2.24) is 0 Å². The molecule has 0 aliphatic carbocycles. The highest BCUT2D eigenvalue weighted by Crippen LogP contribution is 2.33. The van der Waals surface area contributed by atoms with Gasteiger partial charge in [-0.05, 0) is 6.42 Å². The van der Waals surface area contributed by atoms with E-state index in [-0.39, 0.29) is 24.3 Å². The van der Waals surface area contributed by atoms with Gasteiger partial charge in [0.1, 0.15) is 24.0 Å². The lowest BCUT2D eigenvalue weighted by molar-refractivity contribution is -0.174. The second-order valence-electron chi connectivity index (χ2n) is 3.93. The summed E-state index contributed by atoms with van der Waals surface area (Å²) in [5.41, 5.74) is -0.263. The van der Waals surface area contributed by atoms with Gasteiger partial charge >= 0.3 is 6.18 Å². The zero-order chi connectivity index (χ0) is 15.3. The zero-order valence-corrected chi connectivity index (χ0v) is 12.0. The molecule has 0 aromatic heterocycles. The summed E-state index contributed by atoms with van der Waals surface area (Å²) in [6.45, 7) is -1.67. The molecule has 20 heavy (non-hydrogen) atoms. The fraction of sp³-hybridized carbons (Fsp3) is 0.500. The highest BCUT2D eigenvalue weighted by Gasteiger charge is 2.27. The maximum Gasteiger partial charge on any atom is 0.411 e. The summed E-state index contributed by atoms with van der Waals surface area (Å²) in [5.74, 6) is -1.64. The van der Waals surface area contributed by atoms with E-state index in [4.69, 9.17) is 4.74 Å². The Hall–Kier alpha value is -0.890. The lowest BCUT2D eigenvalue weighted by Gasteiger charge is -2.14. The molecule has 114 valence electrons. The first kappa shape index (κ1) is 17.2. The van der Waals surface area contributed by atoms with Gasteiger partial charge in [-0.2, -0.15) is 13.2 Å². The number of halogens is 6. The molecule has 0 aliphatic rings. The van der Waals surface area contributed by atoms with Crippen molar-refractivity contribution in [2.75, 3.05) is 20.3 Å². The van der Waals surface area contributed by atoms with Crippen molar-refractivity contribution in [1.29, 1.82) is 0 Å². The Balaban J connectivity index is 2.62. The zero-order valence-electron chi connectivity index (χ0n) is 10.4. The van der Waals surface area contributed by atoms with Crippen LogP contribution in [-0.2, 0) is 4.74 Å². The van der Waals surface area contributed by atoms with E-state index in [0.717, 1.165) is 12.1 Å². The molecule has 0 saturated carbocycles. The van der Waals surface area contributed by atoms with Crippen molar-refractivity contribution in [2.45, 2.75) is 17.4 Å². The van der Waals surface area contributed by atoms with E-state index in [2.05, 4.69) is 20.7 Å². The summed E-state index contributed by atoms with van der Waals surface area (Å²) in [5, 5.41) is 0. The SMILES string of the molecule is COc1cc(F)c(C(Br)CCOCC(F)(F)F)c(F)c1. The molecule has 0 N–H and O–H groups in total. The molecule has 0 bridgehead atoms. The number of rotatable bonds is 6. The maximum absolute atomic E-state index is 13.7. The van der Waals surface area contributed by atoms with E-state index < -0.39 is 29.2 Å². The van der Waals surface area contributed by atoms with Crippen molar-refractivity contribution in [3.63, 3.8) is 0 Å². The Bertz CT molecular complexity index is 427. The summed E-state index contributed by atoms with van der Waals surface area (Å²) in [4.78, 5) is -0.790.